The minimum absolute atomic E-state index is 0.0000975. The zero-order valence-electron chi connectivity index (χ0n) is 26.9. The van der Waals surface area contributed by atoms with Gasteiger partial charge in [-0.1, -0.05) is 6.58 Å². The molecule has 0 spiro atoms. The molecule has 11 heteroatoms. The van der Waals surface area contributed by atoms with Gasteiger partial charge in [-0.2, -0.15) is 5.10 Å². The summed E-state index contributed by atoms with van der Waals surface area (Å²) in [6, 6.07) is 5.38. The van der Waals surface area contributed by atoms with Crippen LogP contribution in [0.25, 0.3) is 0 Å². The van der Waals surface area contributed by atoms with Gasteiger partial charge in [-0.25, -0.2) is 0 Å². The van der Waals surface area contributed by atoms with Gasteiger partial charge >= 0.3 is 0 Å². The van der Waals surface area contributed by atoms with E-state index in [-0.39, 0.29) is 29.3 Å². The van der Waals surface area contributed by atoms with Crippen LogP contribution in [0.15, 0.2) is 42.2 Å². The summed E-state index contributed by atoms with van der Waals surface area (Å²) in [7, 11) is 1.85. The SMILES string of the molecule is C=CC(=O)N1CCN(C[C@@H](Oc2cc(C)c(C(=O)NC3(C)C=NN(C)C3)cc2C(=O)NCC)c2cc(C)c(C)cn2)C[C@H]1C. The number of amides is 3. The Labute approximate surface area is 260 Å². The number of nitrogens with one attached hydrogen (secondary N) is 2. The van der Waals surface area contributed by atoms with Crippen molar-refractivity contribution < 1.29 is 19.1 Å². The minimum Gasteiger partial charge on any atom is -0.482 e. The molecule has 2 aromatic rings. The average Bonchev–Trinajstić information content (AvgIpc) is 3.31. The lowest BCUT2D eigenvalue weighted by molar-refractivity contribution is -0.130. The Morgan fingerprint density at radius 3 is 2.48 bits per heavy atom. The quantitative estimate of drug-likeness (QED) is 0.401. The maximum Gasteiger partial charge on any atom is 0.255 e. The van der Waals surface area contributed by atoms with Gasteiger partial charge in [0.1, 0.15) is 5.75 Å². The molecule has 2 N–H and O–H groups in total. The standard InChI is InChI=1S/C33H45N7O4/c1-9-30(41)40-12-11-39(17-24(40)6)18-29(27-13-21(3)23(5)16-35-27)44-28-14-22(4)25(15-26(28)31(42)34-10-2)32(43)37-33(7)19-36-38(8)20-33/h9,13-16,19,24,29H,1,10-12,17-18,20H2,2-8H3,(H,34,42)(H,37,43)/t24-,29-,33?/m1/s1. The van der Waals surface area contributed by atoms with Crippen LogP contribution >= 0.6 is 0 Å². The molecule has 4 rings (SSSR count). The van der Waals surface area contributed by atoms with Crippen molar-refractivity contribution in [2.24, 2.45) is 5.10 Å². The second kappa shape index (κ2) is 13.6. The molecule has 0 radical (unpaired) electrons. The molecule has 11 nitrogen and oxygen atoms in total. The van der Waals surface area contributed by atoms with Gasteiger partial charge in [0.25, 0.3) is 11.8 Å². The largest absolute Gasteiger partial charge is 0.482 e. The van der Waals surface area contributed by atoms with Crippen LogP contribution in [0.2, 0.25) is 0 Å². The number of carbonyl (C=O) groups is 3. The van der Waals surface area contributed by atoms with E-state index in [1.165, 1.54) is 6.08 Å². The van der Waals surface area contributed by atoms with Crippen LogP contribution in [0, 0.1) is 20.8 Å². The molecule has 2 aliphatic rings. The minimum atomic E-state index is -0.628. The number of carbonyl (C=O) groups excluding carboxylic acids is 3. The molecule has 1 unspecified atom stereocenters. The molecule has 2 aliphatic heterocycles. The Bertz CT molecular complexity index is 1460. The monoisotopic (exact) mass is 603 g/mol. The highest BCUT2D eigenvalue weighted by molar-refractivity contribution is 6.03. The fourth-order valence-corrected chi connectivity index (χ4v) is 5.68. The zero-order valence-corrected chi connectivity index (χ0v) is 26.9. The van der Waals surface area contributed by atoms with Crippen LogP contribution in [0.4, 0.5) is 0 Å². The Morgan fingerprint density at radius 1 is 1.11 bits per heavy atom. The summed E-state index contributed by atoms with van der Waals surface area (Å²) < 4.78 is 6.69. The Morgan fingerprint density at radius 2 is 1.86 bits per heavy atom. The number of benzene rings is 1. The first-order valence-corrected chi connectivity index (χ1v) is 15.1. The van der Waals surface area contributed by atoms with E-state index in [0.29, 0.717) is 56.1 Å². The van der Waals surface area contributed by atoms with E-state index in [4.69, 9.17) is 9.72 Å². The van der Waals surface area contributed by atoms with Crippen molar-refractivity contribution in [1.82, 2.24) is 30.4 Å². The molecule has 3 atom stereocenters. The first kappa shape index (κ1) is 32.7. The normalized spacial score (nSPS) is 20.8. The highest BCUT2D eigenvalue weighted by atomic mass is 16.5. The van der Waals surface area contributed by atoms with Crippen molar-refractivity contribution in [3.63, 3.8) is 0 Å². The van der Waals surface area contributed by atoms with Crippen molar-refractivity contribution in [2.75, 3.05) is 46.3 Å². The third-order valence-electron chi connectivity index (χ3n) is 8.24. The highest BCUT2D eigenvalue weighted by Gasteiger charge is 2.33. The third kappa shape index (κ3) is 7.45. The van der Waals surface area contributed by atoms with Gasteiger partial charge in [0.05, 0.1) is 29.6 Å². The van der Waals surface area contributed by atoms with Gasteiger partial charge in [-0.3, -0.25) is 29.3 Å². The highest BCUT2D eigenvalue weighted by Crippen LogP contribution is 2.30. The number of likely N-dealkylation sites (N-methyl/N-ethyl adjacent to an activating group) is 1. The number of hydrogen-bond donors (Lipinski definition) is 2. The topological polar surface area (TPSA) is 119 Å². The molecule has 0 bridgehead atoms. The zero-order chi connectivity index (χ0) is 32.2. The lowest BCUT2D eigenvalue weighted by Gasteiger charge is -2.40. The van der Waals surface area contributed by atoms with E-state index in [0.717, 1.165) is 16.8 Å². The predicted molar refractivity (Wildman–Crippen MR) is 171 cm³/mol. The number of aryl methyl sites for hydroxylation is 3. The Balaban J connectivity index is 1.67. The van der Waals surface area contributed by atoms with Crippen LogP contribution in [0.1, 0.15) is 70.0 Å². The van der Waals surface area contributed by atoms with Crippen molar-refractivity contribution in [3.8, 4) is 5.75 Å². The van der Waals surface area contributed by atoms with E-state index in [9.17, 15) is 14.4 Å². The summed E-state index contributed by atoms with van der Waals surface area (Å²) in [6.45, 7) is 18.6. The molecule has 0 aliphatic carbocycles. The van der Waals surface area contributed by atoms with Gasteiger partial charge in [0, 0.05) is 57.6 Å². The van der Waals surface area contributed by atoms with E-state index in [2.05, 4.69) is 27.2 Å². The Kier molecular flexibility index (Phi) is 10.1. The lowest BCUT2D eigenvalue weighted by atomic mass is 9.99. The van der Waals surface area contributed by atoms with Crippen LogP contribution in [-0.2, 0) is 4.79 Å². The van der Waals surface area contributed by atoms with Gasteiger partial charge in [-0.15, -0.1) is 0 Å². The number of piperazine rings is 1. The van der Waals surface area contributed by atoms with Crippen molar-refractivity contribution in [1.29, 1.82) is 0 Å². The molecule has 0 saturated carbocycles. The molecular formula is C33H45N7O4. The molecule has 1 aromatic carbocycles. The van der Waals surface area contributed by atoms with Gasteiger partial charge in [0.15, 0.2) is 6.10 Å². The fraction of sp³-hybridized carbons (Fsp3) is 0.485. The maximum absolute atomic E-state index is 13.5. The lowest BCUT2D eigenvalue weighted by Crippen LogP contribution is -2.54. The van der Waals surface area contributed by atoms with Crippen LogP contribution in [0.3, 0.4) is 0 Å². The van der Waals surface area contributed by atoms with Crippen molar-refractivity contribution >= 4 is 23.9 Å². The van der Waals surface area contributed by atoms with Crippen molar-refractivity contribution in [3.05, 3.63) is 70.6 Å². The molecule has 1 aromatic heterocycles. The van der Waals surface area contributed by atoms with Gasteiger partial charge < -0.3 is 20.3 Å². The molecule has 3 heterocycles. The molecule has 44 heavy (non-hydrogen) atoms. The van der Waals surface area contributed by atoms with E-state index < -0.39 is 11.6 Å². The number of rotatable bonds is 10. The molecule has 1 saturated heterocycles. The summed E-state index contributed by atoms with van der Waals surface area (Å²) in [5.41, 5.74) is 3.60. The molecule has 3 amide bonds. The number of hydrazone groups is 1. The fourth-order valence-electron chi connectivity index (χ4n) is 5.68. The predicted octanol–water partition coefficient (Wildman–Crippen LogP) is 3.02. The second-order valence-electron chi connectivity index (χ2n) is 12.1. The van der Waals surface area contributed by atoms with E-state index >= 15 is 0 Å². The third-order valence-corrected chi connectivity index (χ3v) is 8.24. The van der Waals surface area contributed by atoms with Crippen molar-refractivity contribution in [2.45, 2.75) is 59.2 Å². The summed E-state index contributed by atoms with van der Waals surface area (Å²) >= 11 is 0. The molecular weight excluding hydrogens is 558 g/mol. The number of nitrogens with zero attached hydrogens (tertiary/aromatic N) is 5. The maximum atomic E-state index is 13.5. The Hall–Kier alpha value is -4.25. The van der Waals surface area contributed by atoms with Crippen LogP contribution in [0.5, 0.6) is 5.75 Å². The number of hydrogen-bond acceptors (Lipinski definition) is 8. The number of ether oxygens (including phenoxy) is 1. The second-order valence-corrected chi connectivity index (χ2v) is 12.1. The first-order valence-electron chi connectivity index (χ1n) is 15.1. The van der Waals surface area contributed by atoms with E-state index in [1.54, 1.807) is 23.4 Å². The number of pyridine rings is 1. The molecule has 1 fully saturated rings. The summed E-state index contributed by atoms with van der Waals surface area (Å²) in [6.07, 6.45) is 4.39. The number of aromatic nitrogens is 1. The van der Waals surface area contributed by atoms with Crippen LogP contribution in [-0.4, -0.2) is 102 Å². The molecule has 236 valence electrons. The first-order chi connectivity index (χ1) is 20.8. The van der Waals surface area contributed by atoms with Crippen LogP contribution < -0.4 is 15.4 Å². The van der Waals surface area contributed by atoms with Gasteiger partial charge in [-0.05, 0) is 82.5 Å². The summed E-state index contributed by atoms with van der Waals surface area (Å²) in [5, 5.41) is 11.9. The van der Waals surface area contributed by atoms with Gasteiger partial charge in [0.2, 0.25) is 5.91 Å². The summed E-state index contributed by atoms with van der Waals surface area (Å²) in [4.78, 5) is 47.9. The summed E-state index contributed by atoms with van der Waals surface area (Å²) in [5.74, 6) is -0.329. The smallest absolute Gasteiger partial charge is 0.255 e. The average molecular weight is 604 g/mol. The van der Waals surface area contributed by atoms with E-state index in [1.807, 2.05) is 65.8 Å².